The molecule has 2 rings (SSSR count). The first-order chi connectivity index (χ1) is 11.7. The van der Waals surface area contributed by atoms with E-state index in [1.54, 1.807) is 6.07 Å². The molecule has 1 fully saturated rings. The maximum atomic E-state index is 12.4. The molecular formula is C16H19ClF2N4O2. The van der Waals surface area contributed by atoms with E-state index in [0.29, 0.717) is 11.8 Å². The fourth-order valence-electron chi connectivity index (χ4n) is 2.20. The Labute approximate surface area is 149 Å². The lowest BCUT2D eigenvalue weighted by Gasteiger charge is -2.09. The second-order valence-corrected chi connectivity index (χ2v) is 5.91. The number of nitrogens with one attached hydrogen (secondary N) is 1. The van der Waals surface area contributed by atoms with Gasteiger partial charge in [0.15, 0.2) is 0 Å². The predicted molar refractivity (Wildman–Crippen MR) is 88.6 cm³/mol. The lowest BCUT2D eigenvalue weighted by atomic mass is 10.2. The third-order valence-electron chi connectivity index (χ3n) is 3.52. The summed E-state index contributed by atoms with van der Waals surface area (Å²) in [4.78, 5) is 27.0. The SMILES string of the molecule is CCc1cc(C(=O)NCC=O)c(Cl)cn1.CN1CC(F)(F)CC1C#N. The minimum absolute atomic E-state index is 0.0149. The van der Waals surface area contributed by atoms with Gasteiger partial charge in [-0.1, -0.05) is 18.5 Å². The van der Waals surface area contributed by atoms with Crippen molar-refractivity contribution < 1.29 is 18.4 Å². The molecule has 1 unspecified atom stereocenters. The molecule has 1 aromatic heterocycles. The smallest absolute Gasteiger partial charge is 0.263 e. The first-order valence-corrected chi connectivity index (χ1v) is 7.95. The van der Waals surface area contributed by atoms with Crippen molar-refractivity contribution in [3.63, 3.8) is 0 Å². The predicted octanol–water partition coefficient (Wildman–Crippen LogP) is 2.08. The molecule has 0 radical (unpaired) electrons. The molecule has 1 atom stereocenters. The number of alkyl halides is 2. The Morgan fingerprint density at radius 2 is 2.32 bits per heavy atom. The third kappa shape index (κ3) is 6.36. The molecule has 0 spiro atoms. The highest BCUT2D eigenvalue weighted by Crippen LogP contribution is 2.30. The van der Waals surface area contributed by atoms with Gasteiger partial charge in [0.05, 0.1) is 29.7 Å². The Morgan fingerprint density at radius 1 is 1.64 bits per heavy atom. The monoisotopic (exact) mass is 372 g/mol. The number of carbonyl (C=O) groups excluding carboxylic acids is 2. The first-order valence-electron chi connectivity index (χ1n) is 7.58. The van der Waals surface area contributed by atoms with Gasteiger partial charge >= 0.3 is 0 Å². The molecule has 1 N–H and O–H groups in total. The average molecular weight is 373 g/mol. The number of likely N-dealkylation sites (tertiary alicyclic amines) is 1. The summed E-state index contributed by atoms with van der Waals surface area (Å²) in [5.41, 5.74) is 1.14. The highest BCUT2D eigenvalue weighted by atomic mass is 35.5. The quantitative estimate of drug-likeness (QED) is 0.818. The molecule has 1 aliphatic heterocycles. The molecule has 0 bridgehead atoms. The van der Waals surface area contributed by atoms with Gasteiger partial charge in [0.25, 0.3) is 11.8 Å². The first kappa shape index (κ1) is 20.9. The highest BCUT2D eigenvalue weighted by Gasteiger charge is 2.43. The summed E-state index contributed by atoms with van der Waals surface area (Å²) >= 11 is 5.82. The van der Waals surface area contributed by atoms with Gasteiger partial charge in [-0.2, -0.15) is 5.26 Å². The van der Waals surface area contributed by atoms with E-state index in [2.05, 4.69) is 10.3 Å². The second-order valence-electron chi connectivity index (χ2n) is 5.51. The second kappa shape index (κ2) is 9.39. The molecular weight excluding hydrogens is 354 g/mol. The number of hydrogen-bond donors (Lipinski definition) is 1. The summed E-state index contributed by atoms with van der Waals surface area (Å²) in [5.74, 6) is -3.01. The van der Waals surface area contributed by atoms with E-state index in [-0.39, 0.29) is 30.4 Å². The topological polar surface area (TPSA) is 86.1 Å². The van der Waals surface area contributed by atoms with Crippen molar-refractivity contribution in [3.05, 3.63) is 28.5 Å². The van der Waals surface area contributed by atoms with Gasteiger partial charge in [0, 0.05) is 18.3 Å². The van der Waals surface area contributed by atoms with Crippen LogP contribution in [-0.4, -0.2) is 54.2 Å². The molecule has 136 valence electrons. The van der Waals surface area contributed by atoms with Crippen LogP contribution in [0.1, 0.15) is 29.4 Å². The summed E-state index contributed by atoms with van der Waals surface area (Å²) in [5, 5.41) is 11.1. The molecule has 1 aromatic rings. The van der Waals surface area contributed by atoms with E-state index in [1.807, 2.05) is 13.0 Å². The van der Waals surface area contributed by atoms with E-state index >= 15 is 0 Å². The lowest BCUT2D eigenvalue weighted by molar-refractivity contribution is -0.107. The van der Waals surface area contributed by atoms with Gasteiger partial charge in [-0.15, -0.1) is 0 Å². The zero-order valence-corrected chi connectivity index (χ0v) is 14.7. The molecule has 0 aromatic carbocycles. The van der Waals surface area contributed by atoms with Crippen molar-refractivity contribution in [3.8, 4) is 6.07 Å². The Bertz CT molecular complexity index is 664. The number of nitriles is 1. The number of aldehydes is 1. The maximum absolute atomic E-state index is 12.4. The molecule has 6 nitrogen and oxygen atoms in total. The minimum atomic E-state index is -2.66. The Hall–Kier alpha value is -2.11. The van der Waals surface area contributed by atoms with E-state index in [4.69, 9.17) is 16.9 Å². The molecule has 0 aliphatic carbocycles. The van der Waals surface area contributed by atoms with Gasteiger partial charge in [-0.05, 0) is 19.5 Å². The third-order valence-corrected chi connectivity index (χ3v) is 3.82. The number of amides is 1. The fourth-order valence-corrected chi connectivity index (χ4v) is 2.39. The van der Waals surface area contributed by atoms with Crippen molar-refractivity contribution in [2.75, 3.05) is 20.1 Å². The van der Waals surface area contributed by atoms with E-state index in [0.717, 1.165) is 12.1 Å². The number of aromatic nitrogens is 1. The number of aryl methyl sites for hydroxylation is 1. The maximum Gasteiger partial charge on any atom is 0.263 e. The van der Waals surface area contributed by atoms with Crippen LogP contribution in [0.3, 0.4) is 0 Å². The van der Waals surface area contributed by atoms with Gasteiger partial charge < -0.3 is 10.1 Å². The molecule has 2 heterocycles. The highest BCUT2D eigenvalue weighted by molar-refractivity contribution is 6.33. The molecule has 0 saturated carbocycles. The number of nitrogens with zero attached hydrogens (tertiary/aromatic N) is 3. The van der Waals surface area contributed by atoms with Gasteiger partial charge in [0.2, 0.25) is 0 Å². The van der Waals surface area contributed by atoms with Crippen molar-refractivity contribution >= 4 is 23.8 Å². The van der Waals surface area contributed by atoms with E-state index < -0.39 is 12.0 Å². The standard InChI is InChI=1S/C10H11ClN2O2.C6H8F2N2/c1-2-7-5-8(9(11)6-13-7)10(15)12-3-4-14;1-10-4-6(7,8)2-5(10)3-9/h4-6H,2-3H2,1H3,(H,12,15);5H,2,4H2,1H3. The summed E-state index contributed by atoms with van der Waals surface area (Å²) in [6.07, 6.45) is 2.47. The zero-order valence-electron chi connectivity index (χ0n) is 13.9. The molecule has 1 aliphatic rings. The van der Waals surface area contributed by atoms with E-state index in [1.165, 1.54) is 18.1 Å². The van der Waals surface area contributed by atoms with Gasteiger partial charge in [0.1, 0.15) is 12.3 Å². The van der Waals surface area contributed by atoms with Crippen molar-refractivity contribution in [1.82, 2.24) is 15.2 Å². The van der Waals surface area contributed by atoms with Crippen LogP contribution in [0.4, 0.5) is 8.78 Å². The van der Waals surface area contributed by atoms with Crippen molar-refractivity contribution in [2.24, 2.45) is 0 Å². The molecule has 1 amide bonds. The Kier molecular flexibility index (Phi) is 7.87. The van der Waals surface area contributed by atoms with Crippen molar-refractivity contribution in [2.45, 2.75) is 31.7 Å². The molecule has 9 heteroatoms. The van der Waals surface area contributed by atoms with Crippen LogP contribution in [0.2, 0.25) is 5.02 Å². The fraction of sp³-hybridized carbons (Fsp3) is 0.500. The van der Waals surface area contributed by atoms with Crippen LogP contribution in [0, 0.1) is 11.3 Å². The summed E-state index contributed by atoms with van der Waals surface area (Å²) in [6.45, 7) is 1.63. The van der Waals surface area contributed by atoms with Gasteiger partial charge in [-0.25, -0.2) is 8.78 Å². The molecule has 1 saturated heterocycles. The summed E-state index contributed by atoms with van der Waals surface area (Å²) in [6, 6.07) is 2.84. The van der Waals surface area contributed by atoms with Crippen LogP contribution in [0.15, 0.2) is 12.3 Å². The summed E-state index contributed by atoms with van der Waals surface area (Å²) < 4.78 is 24.9. The average Bonchev–Trinajstić information content (AvgIpc) is 2.85. The largest absolute Gasteiger partial charge is 0.345 e. The van der Waals surface area contributed by atoms with Crippen LogP contribution in [0.25, 0.3) is 0 Å². The van der Waals surface area contributed by atoms with Crippen LogP contribution >= 0.6 is 11.6 Å². The van der Waals surface area contributed by atoms with Gasteiger partial charge in [-0.3, -0.25) is 14.7 Å². The number of halogens is 3. The Morgan fingerprint density at radius 3 is 2.76 bits per heavy atom. The summed E-state index contributed by atoms with van der Waals surface area (Å²) in [7, 11) is 1.54. The normalized spacial score (nSPS) is 18.6. The molecule has 25 heavy (non-hydrogen) atoms. The van der Waals surface area contributed by atoms with Crippen LogP contribution < -0.4 is 5.32 Å². The van der Waals surface area contributed by atoms with Crippen molar-refractivity contribution in [1.29, 1.82) is 5.26 Å². The minimum Gasteiger partial charge on any atom is -0.345 e. The lowest BCUT2D eigenvalue weighted by Crippen LogP contribution is -2.25. The van der Waals surface area contributed by atoms with Crippen LogP contribution in [0.5, 0.6) is 0 Å². The number of pyridine rings is 1. The number of rotatable bonds is 4. The van der Waals surface area contributed by atoms with E-state index in [9.17, 15) is 18.4 Å². The number of carbonyl (C=O) groups is 2. The zero-order chi connectivity index (χ0) is 19.0. The number of hydrogen-bond acceptors (Lipinski definition) is 5. The van der Waals surface area contributed by atoms with Crippen LogP contribution in [-0.2, 0) is 11.2 Å². The Balaban J connectivity index is 0.000000271.